The first-order chi connectivity index (χ1) is 13.0. The van der Waals surface area contributed by atoms with E-state index in [2.05, 4.69) is 20.6 Å². The lowest BCUT2D eigenvalue weighted by Gasteiger charge is -2.08. The van der Waals surface area contributed by atoms with Gasteiger partial charge < -0.3 is 10.6 Å². The second-order valence-electron chi connectivity index (χ2n) is 5.80. The molecule has 0 unspecified atom stereocenters. The molecule has 0 aliphatic carbocycles. The van der Waals surface area contributed by atoms with Crippen LogP contribution in [0.3, 0.4) is 0 Å². The summed E-state index contributed by atoms with van der Waals surface area (Å²) in [5, 5.41) is 5.61. The quantitative estimate of drug-likeness (QED) is 0.654. The fraction of sp³-hybridized carbons (Fsp3) is 0.100. The molecule has 1 aromatic heterocycles. The van der Waals surface area contributed by atoms with Gasteiger partial charge in [0.15, 0.2) is 5.78 Å². The molecular formula is C20H17FN4O2. The summed E-state index contributed by atoms with van der Waals surface area (Å²) < 4.78 is 13.6. The Bertz CT molecular complexity index is 974. The molecule has 0 aliphatic heterocycles. The van der Waals surface area contributed by atoms with Gasteiger partial charge >= 0.3 is 0 Å². The van der Waals surface area contributed by atoms with E-state index < -0.39 is 5.91 Å². The van der Waals surface area contributed by atoms with Crippen molar-refractivity contribution in [3.63, 3.8) is 0 Å². The van der Waals surface area contributed by atoms with Crippen molar-refractivity contribution in [1.82, 2.24) is 15.3 Å². The van der Waals surface area contributed by atoms with E-state index in [1.807, 2.05) is 0 Å². The lowest BCUT2D eigenvalue weighted by molar-refractivity contribution is 0.0944. The van der Waals surface area contributed by atoms with Gasteiger partial charge in [-0.25, -0.2) is 14.4 Å². The third kappa shape index (κ3) is 4.72. The molecule has 2 N–H and O–H groups in total. The minimum Gasteiger partial charge on any atom is -0.347 e. The molecule has 0 fully saturated rings. The molecule has 3 aromatic rings. The molecule has 0 aliphatic rings. The highest BCUT2D eigenvalue weighted by atomic mass is 19.1. The first-order valence-electron chi connectivity index (χ1n) is 8.25. The highest BCUT2D eigenvalue weighted by Crippen LogP contribution is 2.14. The molecular weight excluding hydrogens is 347 g/mol. The van der Waals surface area contributed by atoms with Crippen molar-refractivity contribution in [2.75, 3.05) is 5.32 Å². The maximum atomic E-state index is 13.6. The van der Waals surface area contributed by atoms with Gasteiger partial charge in [0.05, 0.1) is 0 Å². The number of benzene rings is 2. The van der Waals surface area contributed by atoms with E-state index in [0.29, 0.717) is 16.8 Å². The zero-order valence-corrected chi connectivity index (χ0v) is 14.6. The van der Waals surface area contributed by atoms with Crippen LogP contribution in [0.4, 0.5) is 16.0 Å². The van der Waals surface area contributed by atoms with E-state index in [9.17, 15) is 14.0 Å². The summed E-state index contributed by atoms with van der Waals surface area (Å²) in [7, 11) is 0. The maximum absolute atomic E-state index is 13.6. The largest absolute Gasteiger partial charge is 0.347 e. The monoisotopic (exact) mass is 364 g/mol. The lowest BCUT2D eigenvalue weighted by Crippen LogP contribution is -2.24. The van der Waals surface area contributed by atoms with E-state index in [-0.39, 0.29) is 29.8 Å². The number of nitrogens with one attached hydrogen (secondary N) is 2. The van der Waals surface area contributed by atoms with Crippen LogP contribution in [-0.2, 0) is 6.54 Å². The molecule has 0 atom stereocenters. The van der Waals surface area contributed by atoms with Crippen molar-refractivity contribution in [1.29, 1.82) is 0 Å². The SMILES string of the molecule is CC(=O)c1ccc(Nc2nccc(C(=O)NCc3ccccc3F)n2)cc1. The van der Waals surface area contributed by atoms with Crippen LogP contribution >= 0.6 is 0 Å². The van der Waals surface area contributed by atoms with Crippen molar-refractivity contribution < 1.29 is 14.0 Å². The van der Waals surface area contributed by atoms with Gasteiger partial charge in [0.2, 0.25) is 5.95 Å². The van der Waals surface area contributed by atoms with E-state index >= 15 is 0 Å². The summed E-state index contributed by atoms with van der Waals surface area (Å²) in [6.45, 7) is 1.56. The molecule has 7 heteroatoms. The standard InChI is InChI=1S/C20H17FN4O2/c1-13(26)14-6-8-16(9-7-14)24-20-22-11-10-18(25-20)19(27)23-12-15-4-2-3-5-17(15)21/h2-11H,12H2,1H3,(H,23,27)(H,22,24,25). The van der Waals surface area contributed by atoms with Gasteiger partial charge in [-0.2, -0.15) is 0 Å². The Morgan fingerprint density at radius 3 is 2.48 bits per heavy atom. The minimum absolute atomic E-state index is 0.0219. The Morgan fingerprint density at radius 1 is 1.04 bits per heavy atom. The fourth-order valence-electron chi connectivity index (χ4n) is 2.37. The second kappa shape index (κ2) is 8.18. The van der Waals surface area contributed by atoms with Crippen LogP contribution in [-0.4, -0.2) is 21.7 Å². The number of anilines is 2. The van der Waals surface area contributed by atoms with Gasteiger partial charge in [0.25, 0.3) is 5.91 Å². The number of carbonyl (C=O) groups excluding carboxylic acids is 2. The third-order valence-electron chi connectivity index (χ3n) is 3.83. The summed E-state index contributed by atoms with van der Waals surface area (Å²) >= 11 is 0. The Hall–Kier alpha value is -3.61. The number of ketones is 1. The maximum Gasteiger partial charge on any atom is 0.270 e. The van der Waals surface area contributed by atoms with Gasteiger partial charge in [-0.15, -0.1) is 0 Å². The topological polar surface area (TPSA) is 84.0 Å². The van der Waals surface area contributed by atoms with Crippen LogP contribution in [0.25, 0.3) is 0 Å². The number of hydrogen-bond acceptors (Lipinski definition) is 5. The number of aromatic nitrogens is 2. The van der Waals surface area contributed by atoms with Gasteiger partial charge in [0.1, 0.15) is 11.5 Å². The highest BCUT2D eigenvalue weighted by molar-refractivity contribution is 5.94. The number of carbonyl (C=O) groups is 2. The molecule has 0 saturated heterocycles. The fourth-order valence-corrected chi connectivity index (χ4v) is 2.37. The van der Waals surface area contributed by atoms with Gasteiger partial charge in [0, 0.05) is 29.6 Å². The van der Waals surface area contributed by atoms with Gasteiger partial charge in [-0.1, -0.05) is 18.2 Å². The molecule has 27 heavy (non-hydrogen) atoms. The predicted octanol–water partition coefficient (Wildman–Crippen LogP) is 3.49. The molecule has 0 radical (unpaired) electrons. The van der Waals surface area contributed by atoms with E-state index in [1.165, 1.54) is 25.3 Å². The third-order valence-corrected chi connectivity index (χ3v) is 3.83. The summed E-state index contributed by atoms with van der Waals surface area (Å²) in [5.74, 6) is -0.595. The Morgan fingerprint density at radius 2 is 1.78 bits per heavy atom. The number of nitrogens with zero attached hydrogens (tertiary/aromatic N) is 2. The minimum atomic E-state index is -0.435. The molecule has 0 spiro atoms. The molecule has 2 aromatic carbocycles. The molecule has 6 nitrogen and oxygen atoms in total. The van der Waals surface area contributed by atoms with E-state index in [0.717, 1.165) is 0 Å². The van der Waals surface area contributed by atoms with Crippen LogP contribution in [0.2, 0.25) is 0 Å². The van der Waals surface area contributed by atoms with Crippen LogP contribution in [0, 0.1) is 5.82 Å². The summed E-state index contributed by atoms with van der Waals surface area (Å²) in [6.07, 6.45) is 1.46. The summed E-state index contributed by atoms with van der Waals surface area (Å²) in [5.41, 5.74) is 1.83. The van der Waals surface area contributed by atoms with Crippen LogP contribution in [0.15, 0.2) is 60.8 Å². The van der Waals surface area contributed by atoms with Crippen molar-refractivity contribution in [3.05, 3.63) is 83.4 Å². The lowest BCUT2D eigenvalue weighted by atomic mass is 10.1. The zero-order chi connectivity index (χ0) is 19.2. The molecule has 3 rings (SSSR count). The summed E-state index contributed by atoms with van der Waals surface area (Å²) in [6, 6.07) is 14.5. The van der Waals surface area contributed by atoms with Crippen LogP contribution < -0.4 is 10.6 Å². The number of halogens is 1. The second-order valence-corrected chi connectivity index (χ2v) is 5.80. The molecule has 136 valence electrons. The number of amides is 1. The van der Waals surface area contributed by atoms with E-state index in [4.69, 9.17) is 0 Å². The Labute approximate surface area is 155 Å². The highest BCUT2D eigenvalue weighted by Gasteiger charge is 2.10. The molecule has 0 bridgehead atoms. The van der Waals surface area contributed by atoms with Crippen molar-refractivity contribution in [2.24, 2.45) is 0 Å². The molecule has 1 amide bonds. The average Bonchev–Trinajstić information content (AvgIpc) is 2.68. The van der Waals surface area contributed by atoms with Crippen LogP contribution in [0.1, 0.15) is 33.3 Å². The van der Waals surface area contributed by atoms with Crippen molar-refractivity contribution >= 4 is 23.3 Å². The number of hydrogen-bond donors (Lipinski definition) is 2. The molecule has 1 heterocycles. The van der Waals surface area contributed by atoms with Crippen molar-refractivity contribution in [3.8, 4) is 0 Å². The van der Waals surface area contributed by atoms with Crippen molar-refractivity contribution in [2.45, 2.75) is 13.5 Å². The molecule has 0 saturated carbocycles. The van der Waals surface area contributed by atoms with E-state index in [1.54, 1.807) is 42.5 Å². The normalized spacial score (nSPS) is 10.3. The summed E-state index contributed by atoms with van der Waals surface area (Å²) in [4.78, 5) is 31.8. The number of Topliss-reactive ketones (excluding diaryl/α,β-unsaturated/α-hetero) is 1. The zero-order valence-electron chi connectivity index (χ0n) is 14.6. The van der Waals surface area contributed by atoms with Gasteiger partial charge in [-0.05, 0) is 43.3 Å². The number of rotatable bonds is 6. The first kappa shape index (κ1) is 18.2. The average molecular weight is 364 g/mol. The predicted molar refractivity (Wildman–Crippen MR) is 99.3 cm³/mol. The van der Waals surface area contributed by atoms with Crippen LogP contribution in [0.5, 0.6) is 0 Å². The smallest absolute Gasteiger partial charge is 0.270 e. The Kier molecular flexibility index (Phi) is 5.51. The van der Waals surface area contributed by atoms with Gasteiger partial charge in [-0.3, -0.25) is 9.59 Å². The first-order valence-corrected chi connectivity index (χ1v) is 8.25. The Balaban J connectivity index is 1.66.